The van der Waals surface area contributed by atoms with Gasteiger partial charge in [-0.2, -0.15) is 0 Å². The lowest BCUT2D eigenvalue weighted by atomic mass is 10.2. The van der Waals surface area contributed by atoms with Crippen molar-refractivity contribution in [3.63, 3.8) is 0 Å². The molecule has 3 aromatic rings. The molecule has 2 N–H and O–H groups in total. The van der Waals surface area contributed by atoms with Crippen LogP contribution in [0.5, 0.6) is 0 Å². The van der Waals surface area contributed by atoms with Crippen molar-refractivity contribution >= 4 is 34.4 Å². The number of nitrogens with zero attached hydrogens (tertiary/aromatic N) is 2. The number of rotatable bonds is 4. The molecule has 2 aromatic carbocycles. The van der Waals surface area contributed by atoms with Gasteiger partial charge in [-0.15, -0.1) is 0 Å². The molecule has 8 heteroatoms. The monoisotopic (exact) mass is 352 g/mol. The van der Waals surface area contributed by atoms with Crippen LogP contribution in [-0.2, 0) is 11.3 Å². The van der Waals surface area contributed by atoms with Gasteiger partial charge in [-0.1, -0.05) is 12.1 Å². The predicted molar refractivity (Wildman–Crippen MR) is 96.3 cm³/mol. The van der Waals surface area contributed by atoms with E-state index in [1.807, 2.05) is 0 Å². The van der Waals surface area contributed by atoms with Gasteiger partial charge in [0, 0.05) is 24.5 Å². The van der Waals surface area contributed by atoms with Crippen molar-refractivity contribution in [1.29, 1.82) is 0 Å². The Morgan fingerprint density at radius 1 is 1.12 bits per heavy atom. The van der Waals surface area contributed by atoms with Crippen molar-refractivity contribution in [3.05, 3.63) is 59.1 Å². The molecular formula is C18H16N4O4. The highest BCUT2D eigenvalue weighted by Gasteiger charge is 2.20. The predicted octanol–water partition coefficient (Wildman–Crippen LogP) is 1.76. The molecule has 132 valence electrons. The van der Waals surface area contributed by atoms with Gasteiger partial charge in [-0.05, 0) is 36.4 Å². The molecule has 1 aliphatic heterocycles. The first-order valence-corrected chi connectivity index (χ1v) is 8.15. The molecule has 0 bridgehead atoms. The fourth-order valence-corrected chi connectivity index (χ4v) is 2.95. The molecule has 3 amide bonds. The van der Waals surface area contributed by atoms with Gasteiger partial charge >= 0.3 is 11.8 Å². The summed E-state index contributed by atoms with van der Waals surface area (Å²) in [4.78, 5) is 37.5. The van der Waals surface area contributed by atoms with Gasteiger partial charge in [0.05, 0.1) is 5.52 Å². The van der Waals surface area contributed by atoms with Crippen LogP contribution >= 0.6 is 0 Å². The summed E-state index contributed by atoms with van der Waals surface area (Å²) >= 11 is 0. The van der Waals surface area contributed by atoms with Crippen LogP contribution in [0.1, 0.15) is 0 Å². The number of nitrogens with one attached hydrogen (secondary N) is 2. The quantitative estimate of drug-likeness (QED) is 0.748. The Morgan fingerprint density at radius 3 is 2.62 bits per heavy atom. The Balaban J connectivity index is 1.47. The second-order valence-electron chi connectivity index (χ2n) is 5.90. The smallest absolute Gasteiger partial charge is 0.408 e. The number of oxazole rings is 1. The molecule has 2 heterocycles. The normalized spacial score (nSPS) is 13.8. The van der Waals surface area contributed by atoms with Gasteiger partial charge < -0.3 is 15.1 Å². The highest BCUT2D eigenvalue weighted by Crippen LogP contribution is 2.19. The number of anilines is 2. The first kappa shape index (κ1) is 15.9. The Bertz CT molecular complexity index is 1040. The van der Waals surface area contributed by atoms with Crippen LogP contribution < -0.4 is 21.3 Å². The summed E-state index contributed by atoms with van der Waals surface area (Å²) in [6, 6.07) is 13.8. The molecule has 1 aliphatic rings. The summed E-state index contributed by atoms with van der Waals surface area (Å²) in [6.07, 6.45) is 0. The zero-order valence-electron chi connectivity index (χ0n) is 13.8. The van der Waals surface area contributed by atoms with Crippen LogP contribution in [0.4, 0.5) is 16.2 Å². The minimum Gasteiger partial charge on any atom is -0.408 e. The Labute approximate surface area is 148 Å². The molecule has 0 atom stereocenters. The highest BCUT2D eigenvalue weighted by atomic mass is 16.4. The van der Waals surface area contributed by atoms with E-state index >= 15 is 0 Å². The highest BCUT2D eigenvalue weighted by molar-refractivity contribution is 5.95. The van der Waals surface area contributed by atoms with Crippen LogP contribution in [0.3, 0.4) is 0 Å². The molecule has 1 fully saturated rings. The number of urea groups is 1. The average molecular weight is 352 g/mol. The molecule has 1 aromatic heterocycles. The Morgan fingerprint density at radius 2 is 1.88 bits per heavy atom. The number of hydrogen-bond acceptors (Lipinski definition) is 4. The van der Waals surface area contributed by atoms with E-state index < -0.39 is 5.76 Å². The number of hydrogen-bond donors (Lipinski definition) is 2. The third-order valence-electron chi connectivity index (χ3n) is 4.19. The first-order valence-electron chi connectivity index (χ1n) is 8.15. The van der Waals surface area contributed by atoms with Gasteiger partial charge in [0.15, 0.2) is 5.58 Å². The standard InChI is InChI=1S/C18H16N4O4/c23-16(11-22-14-3-1-2-4-15(14)26-18(22)25)20-12-5-7-13(8-6-12)21-10-9-19-17(21)24/h1-8H,9-11H2,(H,19,24)(H,20,23). The molecule has 1 saturated heterocycles. The minimum absolute atomic E-state index is 0.131. The van der Waals surface area contributed by atoms with Crippen LogP contribution in [0, 0.1) is 0 Å². The van der Waals surface area contributed by atoms with E-state index in [0.29, 0.717) is 29.9 Å². The van der Waals surface area contributed by atoms with Crippen molar-refractivity contribution in [1.82, 2.24) is 9.88 Å². The zero-order valence-corrected chi connectivity index (χ0v) is 13.8. The van der Waals surface area contributed by atoms with Gasteiger partial charge in [-0.3, -0.25) is 14.3 Å². The maximum atomic E-state index is 12.3. The fraction of sp³-hybridized carbons (Fsp3) is 0.167. The van der Waals surface area contributed by atoms with Crippen LogP contribution in [0.15, 0.2) is 57.7 Å². The molecule has 4 rings (SSSR count). The van der Waals surface area contributed by atoms with E-state index in [-0.39, 0.29) is 18.5 Å². The maximum Gasteiger partial charge on any atom is 0.420 e. The third-order valence-corrected chi connectivity index (χ3v) is 4.19. The second-order valence-corrected chi connectivity index (χ2v) is 5.90. The summed E-state index contributed by atoms with van der Waals surface area (Å²) in [5.41, 5.74) is 2.36. The largest absolute Gasteiger partial charge is 0.420 e. The van der Waals surface area contributed by atoms with Crippen LogP contribution in [0.2, 0.25) is 0 Å². The number of para-hydroxylation sites is 2. The lowest BCUT2D eigenvalue weighted by Crippen LogP contribution is -2.27. The fourth-order valence-electron chi connectivity index (χ4n) is 2.95. The molecular weight excluding hydrogens is 336 g/mol. The molecule has 0 aliphatic carbocycles. The number of amides is 3. The van der Waals surface area contributed by atoms with Crippen molar-refractivity contribution in [3.8, 4) is 0 Å². The van der Waals surface area contributed by atoms with Gasteiger partial charge in [0.2, 0.25) is 5.91 Å². The van der Waals surface area contributed by atoms with Crippen LogP contribution in [-0.4, -0.2) is 29.6 Å². The van der Waals surface area contributed by atoms with Crippen molar-refractivity contribution in [2.45, 2.75) is 6.54 Å². The maximum absolute atomic E-state index is 12.3. The van der Waals surface area contributed by atoms with E-state index in [9.17, 15) is 14.4 Å². The van der Waals surface area contributed by atoms with E-state index in [1.165, 1.54) is 4.57 Å². The number of aromatic nitrogens is 1. The summed E-state index contributed by atoms with van der Waals surface area (Å²) < 4.78 is 6.40. The molecule has 8 nitrogen and oxygen atoms in total. The Kier molecular flexibility index (Phi) is 3.92. The number of benzene rings is 2. The topological polar surface area (TPSA) is 96.6 Å². The van der Waals surface area contributed by atoms with Crippen LogP contribution in [0.25, 0.3) is 11.1 Å². The summed E-state index contributed by atoms with van der Waals surface area (Å²) in [5.74, 6) is -0.915. The third kappa shape index (κ3) is 2.92. The summed E-state index contributed by atoms with van der Waals surface area (Å²) in [7, 11) is 0. The lowest BCUT2D eigenvalue weighted by molar-refractivity contribution is -0.116. The second kappa shape index (κ2) is 6.40. The van der Waals surface area contributed by atoms with E-state index in [1.54, 1.807) is 53.4 Å². The van der Waals surface area contributed by atoms with Crippen molar-refractivity contribution in [2.24, 2.45) is 0 Å². The number of carbonyl (C=O) groups is 2. The van der Waals surface area contributed by atoms with Crippen molar-refractivity contribution in [2.75, 3.05) is 23.3 Å². The number of carbonyl (C=O) groups excluding carboxylic acids is 2. The Hall–Kier alpha value is -3.55. The molecule has 0 saturated carbocycles. The average Bonchev–Trinajstić information content (AvgIpc) is 3.19. The SMILES string of the molecule is O=C(Cn1c(=O)oc2ccccc21)Nc1ccc(N2CCNC2=O)cc1. The summed E-state index contributed by atoms with van der Waals surface area (Å²) in [6.45, 7) is 1.08. The summed E-state index contributed by atoms with van der Waals surface area (Å²) in [5, 5.41) is 5.48. The minimum atomic E-state index is -0.572. The van der Waals surface area contributed by atoms with E-state index in [2.05, 4.69) is 10.6 Å². The zero-order chi connectivity index (χ0) is 18.1. The van der Waals surface area contributed by atoms with Gasteiger partial charge in [0.25, 0.3) is 0 Å². The number of fused-ring (bicyclic) bond motifs is 1. The van der Waals surface area contributed by atoms with Crippen molar-refractivity contribution < 1.29 is 14.0 Å². The van der Waals surface area contributed by atoms with Gasteiger partial charge in [0.1, 0.15) is 6.54 Å². The van der Waals surface area contributed by atoms with E-state index in [0.717, 1.165) is 5.69 Å². The van der Waals surface area contributed by atoms with E-state index in [4.69, 9.17) is 4.42 Å². The van der Waals surface area contributed by atoms with Gasteiger partial charge in [-0.25, -0.2) is 9.59 Å². The lowest BCUT2D eigenvalue weighted by Gasteiger charge is -2.14. The molecule has 0 unspecified atom stereocenters. The molecule has 0 radical (unpaired) electrons. The first-order chi connectivity index (χ1) is 12.6. The molecule has 26 heavy (non-hydrogen) atoms. The molecule has 0 spiro atoms.